The van der Waals surface area contributed by atoms with Gasteiger partial charge in [-0.05, 0) is 29.8 Å². The lowest BCUT2D eigenvalue weighted by atomic mass is 10.2. The molecule has 0 radical (unpaired) electrons. The Balaban J connectivity index is 2.03. The van der Waals surface area contributed by atoms with Crippen LogP contribution >= 0.6 is 0 Å². The number of hydrogen-bond donors (Lipinski definition) is 0. The van der Waals surface area contributed by atoms with Gasteiger partial charge in [0.2, 0.25) is 0 Å². The fraction of sp³-hybridized carbons (Fsp3) is 0. The summed E-state index contributed by atoms with van der Waals surface area (Å²) in [6, 6.07) is 20.1. The van der Waals surface area contributed by atoms with E-state index in [4.69, 9.17) is 0 Å². The molecule has 16 heavy (non-hydrogen) atoms. The molecule has 0 N–H and O–H groups in total. The highest BCUT2D eigenvalue weighted by Gasteiger charge is 1.81. The second-order valence-electron chi connectivity index (χ2n) is 3.38. The Labute approximate surface area is 96.3 Å². The Morgan fingerprint density at radius 1 is 0.750 bits per heavy atom. The second-order valence-corrected chi connectivity index (χ2v) is 3.38. The summed E-state index contributed by atoms with van der Waals surface area (Å²) in [5.74, 6) is 6.10. The minimum absolute atomic E-state index is 1.04. The lowest BCUT2D eigenvalue weighted by Gasteiger charge is -1.87. The van der Waals surface area contributed by atoms with Crippen LogP contribution in [-0.2, 0) is 0 Å². The molecule has 0 saturated heterocycles. The van der Waals surface area contributed by atoms with Gasteiger partial charge < -0.3 is 0 Å². The van der Waals surface area contributed by atoms with Crippen molar-refractivity contribution in [2.24, 2.45) is 0 Å². The van der Waals surface area contributed by atoms with E-state index in [1.165, 1.54) is 5.56 Å². The molecule has 0 heteroatoms. The molecule has 0 aromatic heterocycles. The van der Waals surface area contributed by atoms with E-state index in [9.17, 15) is 0 Å². The zero-order valence-electron chi connectivity index (χ0n) is 8.93. The Morgan fingerprint density at radius 2 is 1.38 bits per heavy atom. The van der Waals surface area contributed by atoms with E-state index in [1.807, 2.05) is 60.7 Å². The van der Waals surface area contributed by atoms with Crippen LogP contribution in [0.25, 0.3) is 6.08 Å². The SMILES string of the molecule is C(#Cc1ccccc1)/C=C\c1ccccc1. The van der Waals surface area contributed by atoms with Crippen LogP contribution in [0.2, 0.25) is 0 Å². The molecule has 0 heterocycles. The first-order valence-electron chi connectivity index (χ1n) is 5.23. The van der Waals surface area contributed by atoms with Crippen LogP contribution in [0.5, 0.6) is 0 Å². The molecule has 0 unspecified atom stereocenters. The third kappa shape index (κ3) is 3.15. The summed E-state index contributed by atoms with van der Waals surface area (Å²) in [5.41, 5.74) is 2.21. The molecule has 2 aromatic rings. The summed E-state index contributed by atoms with van der Waals surface area (Å²) < 4.78 is 0. The fourth-order valence-electron chi connectivity index (χ4n) is 1.35. The van der Waals surface area contributed by atoms with Crippen molar-refractivity contribution in [3.63, 3.8) is 0 Å². The van der Waals surface area contributed by atoms with Crippen LogP contribution in [0.15, 0.2) is 66.7 Å². The first kappa shape index (κ1) is 10.3. The van der Waals surface area contributed by atoms with E-state index in [0.717, 1.165) is 5.56 Å². The van der Waals surface area contributed by atoms with Gasteiger partial charge in [0.1, 0.15) is 0 Å². The Bertz CT molecular complexity index is 510. The summed E-state index contributed by atoms with van der Waals surface area (Å²) in [6.45, 7) is 0. The van der Waals surface area contributed by atoms with Gasteiger partial charge in [0.25, 0.3) is 0 Å². The normalized spacial score (nSPS) is 9.75. The van der Waals surface area contributed by atoms with Crippen molar-refractivity contribution in [1.82, 2.24) is 0 Å². The molecule has 0 fully saturated rings. The van der Waals surface area contributed by atoms with Crippen LogP contribution in [0, 0.1) is 11.8 Å². The molecule has 0 aliphatic rings. The largest absolute Gasteiger partial charge is 0.0696 e. The van der Waals surface area contributed by atoms with Gasteiger partial charge in [-0.15, -0.1) is 0 Å². The number of hydrogen-bond acceptors (Lipinski definition) is 0. The molecular weight excluding hydrogens is 192 g/mol. The zero-order valence-corrected chi connectivity index (χ0v) is 8.93. The second kappa shape index (κ2) is 5.58. The van der Waals surface area contributed by atoms with E-state index in [2.05, 4.69) is 24.0 Å². The highest BCUT2D eigenvalue weighted by atomic mass is 13.9. The highest BCUT2D eigenvalue weighted by molar-refractivity contribution is 5.53. The smallest absolute Gasteiger partial charge is 0.0248 e. The third-order valence-electron chi connectivity index (χ3n) is 2.15. The predicted octanol–water partition coefficient (Wildman–Crippen LogP) is 3.75. The first-order chi connectivity index (χ1) is 7.95. The maximum atomic E-state index is 3.08. The number of rotatable bonds is 1. The minimum atomic E-state index is 1.04. The lowest BCUT2D eigenvalue weighted by molar-refractivity contribution is 1.65. The Morgan fingerprint density at radius 3 is 2.06 bits per heavy atom. The van der Waals surface area contributed by atoms with E-state index >= 15 is 0 Å². The van der Waals surface area contributed by atoms with E-state index in [-0.39, 0.29) is 0 Å². The van der Waals surface area contributed by atoms with Crippen LogP contribution in [0.3, 0.4) is 0 Å². The van der Waals surface area contributed by atoms with Gasteiger partial charge in [0.15, 0.2) is 0 Å². The fourth-order valence-corrected chi connectivity index (χ4v) is 1.35. The van der Waals surface area contributed by atoms with E-state index in [1.54, 1.807) is 0 Å². The molecule has 0 nitrogen and oxygen atoms in total. The van der Waals surface area contributed by atoms with Crippen molar-refractivity contribution >= 4 is 6.08 Å². The van der Waals surface area contributed by atoms with Gasteiger partial charge in [0.05, 0.1) is 0 Å². The molecule has 0 atom stereocenters. The molecule has 76 valence electrons. The Hall–Kier alpha value is -2.26. The van der Waals surface area contributed by atoms with E-state index < -0.39 is 0 Å². The number of allylic oxidation sites excluding steroid dienone is 1. The summed E-state index contributed by atoms with van der Waals surface area (Å²) in [6.07, 6.45) is 3.89. The quantitative estimate of drug-likeness (QED) is 0.620. The zero-order chi connectivity index (χ0) is 11.1. The summed E-state index contributed by atoms with van der Waals surface area (Å²) in [5, 5.41) is 0. The molecule has 0 spiro atoms. The van der Waals surface area contributed by atoms with Crippen molar-refractivity contribution < 1.29 is 0 Å². The standard InChI is InChI=1S/C16H12/c1-3-9-15(10-4-1)13-7-8-14-16-11-5-2-6-12-16/h1-7,9-13H/b13-7-. The van der Waals surface area contributed by atoms with Crippen LogP contribution < -0.4 is 0 Å². The molecule has 0 saturated carbocycles. The average Bonchev–Trinajstić information content (AvgIpc) is 2.37. The molecule has 0 aliphatic heterocycles. The summed E-state index contributed by atoms with van der Waals surface area (Å²) in [7, 11) is 0. The van der Waals surface area contributed by atoms with Crippen molar-refractivity contribution in [3.8, 4) is 11.8 Å². The summed E-state index contributed by atoms with van der Waals surface area (Å²) >= 11 is 0. The summed E-state index contributed by atoms with van der Waals surface area (Å²) in [4.78, 5) is 0. The maximum absolute atomic E-state index is 3.08. The van der Waals surface area contributed by atoms with Crippen LogP contribution in [0.1, 0.15) is 11.1 Å². The van der Waals surface area contributed by atoms with Crippen molar-refractivity contribution in [2.75, 3.05) is 0 Å². The van der Waals surface area contributed by atoms with Gasteiger partial charge in [-0.3, -0.25) is 0 Å². The van der Waals surface area contributed by atoms with Gasteiger partial charge >= 0.3 is 0 Å². The van der Waals surface area contributed by atoms with Crippen molar-refractivity contribution in [2.45, 2.75) is 0 Å². The third-order valence-corrected chi connectivity index (χ3v) is 2.15. The van der Waals surface area contributed by atoms with Gasteiger partial charge in [0, 0.05) is 5.56 Å². The molecule has 2 rings (SSSR count). The molecule has 2 aromatic carbocycles. The molecule has 0 aliphatic carbocycles. The number of benzene rings is 2. The molecular formula is C16H12. The van der Waals surface area contributed by atoms with Gasteiger partial charge in [-0.25, -0.2) is 0 Å². The van der Waals surface area contributed by atoms with E-state index in [0.29, 0.717) is 0 Å². The van der Waals surface area contributed by atoms with Crippen molar-refractivity contribution in [1.29, 1.82) is 0 Å². The monoisotopic (exact) mass is 204 g/mol. The van der Waals surface area contributed by atoms with Crippen LogP contribution in [-0.4, -0.2) is 0 Å². The molecule has 0 bridgehead atoms. The average molecular weight is 204 g/mol. The predicted molar refractivity (Wildman–Crippen MR) is 68.8 cm³/mol. The maximum Gasteiger partial charge on any atom is 0.0248 e. The highest BCUT2D eigenvalue weighted by Crippen LogP contribution is 2.00. The van der Waals surface area contributed by atoms with Crippen LogP contribution in [0.4, 0.5) is 0 Å². The van der Waals surface area contributed by atoms with Gasteiger partial charge in [-0.2, -0.15) is 0 Å². The van der Waals surface area contributed by atoms with Gasteiger partial charge in [-0.1, -0.05) is 60.4 Å². The topological polar surface area (TPSA) is 0 Å². The minimum Gasteiger partial charge on any atom is -0.0696 e. The Kier molecular flexibility index (Phi) is 3.58. The van der Waals surface area contributed by atoms with Crippen molar-refractivity contribution in [3.05, 3.63) is 77.9 Å². The first-order valence-corrected chi connectivity index (χ1v) is 5.23. The molecule has 0 amide bonds. The lowest BCUT2D eigenvalue weighted by Crippen LogP contribution is -1.70.